The number of alkyl halides is 2. The molecule has 0 aromatic heterocycles. The summed E-state index contributed by atoms with van der Waals surface area (Å²) in [5, 5.41) is 9.23. The Bertz CT molecular complexity index is 482. The van der Waals surface area contributed by atoms with Crippen molar-refractivity contribution in [1.29, 1.82) is 0 Å². The van der Waals surface area contributed by atoms with Crippen LogP contribution in [0.3, 0.4) is 0 Å². The highest BCUT2D eigenvalue weighted by Crippen LogP contribution is 2.42. The molecule has 5 nitrogen and oxygen atoms in total. The van der Waals surface area contributed by atoms with E-state index in [-0.39, 0.29) is 12.6 Å². The van der Waals surface area contributed by atoms with E-state index in [9.17, 15) is 23.5 Å². The van der Waals surface area contributed by atoms with Crippen molar-refractivity contribution in [3.8, 4) is 0 Å². The molecule has 0 radical (unpaired) electrons. The molecular formula is C14H19F2NO4. The third-order valence-electron chi connectivity index (χ3n) is 3.05. The summed E-state index contributed by atoms with van der Waals surface area (Å²) >= 11 is 0. The molecule has 0 spiro atoms. The zero-order chi connectivity index (χ0) is 16.5. The number of carboxylic acid groups (broad SMARTS) is 1. The van der Waals surface area contributed by atoms with Gasteiger partial charge >= 0.3 is 12.1 Å². The van der Waals surface area contributed by atoms with Crippen molar-refractivity contribution >= 4 is 12.1 Å². The van der Waals surface area contributed by atoms with Gasteiger partial charge in [-0.05, 0) is 26.8 Å². The largest absolute Gasteiger partial charge is 0.480 e. The number of hydrogen-bond acceptors (Lipinski definition) is 3. The summed E-state index contributed by atoms with van der Waals surface area (Å²) in [6.45, 7) is 7.20. The third-order valence-corrected chi connectivity index (χ3v) is 3.05. The van der Waals surface area contributed by atoms with Crippen LogP contribution in [0, 0.1) is 5.41 Å². The van der Waals surface area contributed by atoms with E-state index in [1.54, 1.807) is 20.8 Å². The zero-order valence-electron chi connectivity index (χ0n) is 12.2. The summed E-state index contributed by atoms with van der Waals surface area (Å²) in [6, 6.07) is 0. The molecule has 0 aromatic rings. The van der Waals surface area contributed by atoms with Gasteiger partial charge in [0.05, 0.1) is 6.54 Å². The standard InChI is InChI=1S/C14H19F2NO4/c1-5-14(15,16)13(10(18)19)7-6-8-17(9-13)11(20)21-12(2,3)4/h5-7H,1,8-9H2,2-4H3,(H,18,19). The lowest BCUT2D eigenvalue weighted by Crippen LogP contribution is -2.56. The van der Waals surface area contributed by atoms with Crippen LogP contribution in [0.25, 0.3) is 0 Å². The van der Waals surface area contributed by atoms with Crippen LogP contribution in [-0.2, 0) is 9.53 Å². The van der Waals surface area contributed by atoms with Gasteiger partial charge in [0.2, 0.25) is 0 Å². The number of aliphatic carboxylic acids is 1. The van der Waals surface area contributed by atoms with Crippen LogP contribution >= 0.6 is 0 Å². The molecule has 118 valence electrons. The average Bonchev–Trinajstić information content (AvgIpc) is 2.36. The first-order valence-electron chi connectivity index (χ1n) is 6.35. The van der Waals surface area contributed by atoms with Gasteiger partial charge in [-0.2, -0.15) is 0 Å². The number of carboxylic acids is 1. The number of nitrogens with zero attached hydrogens (tertiary/aromatic N) is 1. The Labute approximate surface area is 121 Å². The Kier molecular flexibility index (Phi) is 4.45. The zero-order valence-corrected chi connectivity index (χ0v) is 12.2. The third kappa shape index (κ3) is 3.40. The summed E-state index contributed by atoms with van der Waals surface area (Å²) in [7, 11) is 0. The van der Waals surface area contributed by atoms with Crippen LogP contribution in [0.4, 0.5) is 13.6 Å². The topological polar surface area (TPSA) is 66.8 Å². The van der Waals surface area contributed by atoms with Crippen molar-refractivity contribution in [3.63, 3.8) is 0 Å². The van der Waals surface area contributed by atoms with Gasteiger partial charge < -0.3 is 14.7 Å². The Morgan fingerprint density at radius 2 is 2.00 bits per heavy atom. The molecule has 1 heterocycles. The summed E-state index contributed by atoms with van der Waals surface area (Å²) < 4.78 is 33.1. The lowest BCUT2D eigenvalue weighted by atomic mass is 9.78. The number of ether oxygens (including phenoxy) is 1. The average molecular weight is 303 g/mol. The molecular weight excluding hydrogens is 284 g/mol. The van der Waals surface area contributed by atoms with E-state index in [0.29, 0.717) is 0 Å². The van der Waals surface area contributed by atoms with Crippen LogP contribution in [0.2, 0.25) is 0 Å². The van der Waals surface area contributed by atoms with Crippen LogP contribution < -0.4 is 0 Å². The van der Waals surface area contributed by atoms with Crippen molar-refractivity contribution in [1.82, 2.24) is 4.90 Å². The van der Waals surface area contributed by atoms with Gasteiger partial charge in [0, 0.05) is 6.54 Å². The SMILES string of the molecule is C=CC(F)(F)C1(C(=O)O)C=CCN(C(=O)OC(C)(C)C)C1. The molecule has 1 aliphatic rings. The molecule has 0 bridgehead atoms. The normalized spacial score (nSPS) is 22.8. The highest BCUT2D eigenvalue weighted by atomic mass is 19.3. The molecule has 0 saturated heterocycles. The van der Waals surface area contributed by atoms with E-state index >= 15 is 0 Å². The molecule has 0 aliphatic carbocycles. The van der Waals surface area contributed by atoms with Crippen LogP contribution in [0.1, 0.15) is 20.8 Å². The number of rotatable bonds is 3. The quantitative estimate of drug-likeness (QED) is 0.814. The maximum Gasteiger partial charge on any atom is 0.410 e. The molecule has 0 saturated carbocycles. The van der Waals surface area contributed by atoms with Crippen LogP contribution in [-0.4, -0.2) is 46.7 Å². The second-order valence-corrected chi connectivity index (χ2v) is 5.87. The fourth-order valence-electron chi connectivity index (χ4n) is 1.95. The second-order valence-electron chi connectivity index (χ2n) is 5.87. The minimum absolute atomic E-state index is 0.0111. The summed E-state index contributed by atoms with van der Waals surface area (Å²) in [6.07, 6.45) is 1.58. The number of hydrogen-bond donors (Lipinski definition) is 1. The molecule has 0 fully saturated rings. The smallest absolute Gasteiger partial charge is 0.410 e. The molecule has 1 rings (SSSR count). The van der Waals surface area contributed by atoms with Crippen molar-refractivity contribution in [3.05, 3.63) is 24.8 Å². The molecule has 1 amide bonds. The van der Waals surface area contributed by atoms with Crippen molar-refractivity contribution in [2.24, 2.45) is 5.41 Å². The van der Waals surface area contributed by atoms with Gasteiger partial charge in [-0.3, -0.25) is 4.79 Å². The minimum Gasteiger partial charge on any atom is -0.480 e. The van der Waals surface area contributed by atoms with E-state index in [4.69, 9.17) is 4.74 Å². The molecule has 0 aromatic carbocycles. The molecule has 1 unspecified atom stereocenters. The predicted octanol–water partition coefficient (Wildman–Crippen LogP) is 2.69. The Balaban J connectivity index is 3.09. The van der Waals surface area contributed by atoms with E-state index in [0.717, 1.165) is 11.0 Å². The van der Waals surface area contributed by atoms with Crippen molar-refractivity contribution < 1.29 is 28.2 Å². The van der Waals surface area contributed by atoms with Gasteiger partial charge in [0.15, 0.2) is 5.41 Å². The van der Waals surface area contributed by atoms with Gasteiger partial charge in [-0.1, -0.05) is 18.7 Å². The minimum atomic E-state index is -3.70. The maximum atomic E-state index is 14.0. The highest BCUT2D eigenvalue weighted by molar-refractivity contribution is 5.81. The van der Waals surface area contributed by atoms with Gasteiger partial charge in [0.25, 0.3) is 5.92 Å². The highest BCUT2D eigenvalue weighted by Gasteiger charge is 2.58. The summed E-state index contributed by atoms with van der Waals surface area (Å²) in [5.41, 5.74) is -3.34. The number of carbonyl (C=O) groups excluding carboxylic acids is 1. The van der Waals surface area contributed by atoms with Crippen LogP contribution in [0.5, 0.6) is 0 Å². The van der Waals surface area contributed by atoms with E-state index in [1.807, 2.05) is 0 Å². The lowest BCUT2D eigenvalue weighted by Gasteiger charge is -2.39. The summed E-state index contributed by atoms with van der Waals surface area (Å²) in [5.74, 6) is -5.42. The molecule has 1 N–H and O–H groups in total. The first-order chi connectivity index (χ1) is 9.45. The lowest BCUT2D eigenvalue weighted by molar-refractivity contribution is -0.164. The number of allylic oxidation sites excluding steroid dienone is 1. The van der Waals surface area contributed by atoms with Gasteiger partial charge in [0.1, 0.15) is 5.60 Å². The van der Waals surface area contributed by atoms with E-state index in [1.165, 1.54) is 6.08 Å². The predicted molar refractivity (Wildman–Crippen MR) is 72.2 cm³/mol. The fourth-order valence-corrected chi connectivity index (χ4v) is 1.95. The number of halogens is 2. The Morgan fingerprint density at radius 1 is 1.43 bits per heavy atom. The second kappa shape index (κ2) is 5.46. The number of carbonyl (C=O) groups is 2. The fraction of sp³-hybridized carbons (Fsp3) is 0.571. The summed E-state index contributed by atoms with van der Waals surface area (Å²) in [4.78, 5) is 24.3. The first-order valence-corrected chi connectivity index (χ1v) is 6.35. The monoisotopic (exact) mass is 303 g/mol. The van der Waals surface area contributed by atoms with E-state index in [2.05, 4.69) is 6.58 Å². The van der Waals surface area contributed by atoms with Crippen LogP contribution in [0.15, 0.2) is 24.8 Å². The molecule has 7 heteroatoms. The van der Waals surface area contributed by atoms with Crippen molar-refractivity contribution in [2.45, 2.75) is 32.3 Å². The number of amides is 1. The molecule has 1 atom stereocenters. The molecule has 21 heavy (non-hydrogen) atoms. The molecule has 1 aliphatic heterocycles. The first kappa shape index (κ1) is 17.1. The Morgan fingerprint density at radius 3 is 2.43 bits per heavy atom. The van der Waals surface area contributed by atoms with Gasteiger partial charge in [-0.15, -0.1) is 0 Å². The van der Waals surface area contributed by atoms with E-state index < -0.39 is 35.5 Å². The van der Waals surface area contributed by atoms with Gasteiger partial charge in [-0.25, -0.2) is 13.6 Å². The maximum absolute atomic E-state index is 14.0. The van der Waals surface area contributed by atoms with Crippen molar-refractivity contribution in [2.75, 3.05) is 13.1 Å². The Hall–Kier alpha value is -1.92.